The lowest BCUT2D eigenvalue weighted by molar-refractivity contribution is -0.120. The Morgan fingerprint density at radius 3 is 2.40 bits per heavy atom. The number of carbonyl (C=O) groups is 1. The van der Waals surface area contributed by atoms with Crippen LogP contribution >= 0.6 is 11.8 Å². The fraction of sp³-hybridized carbons (Fsp3) is 0.318. The quantitative estimate of drug-likeness (QED) is 0.525. The molecule has 1 atom stereocenters. The lowest BCUT2D eigenvalue weighted by Crippen LogP contribution is -2.29. The Balaban J connectivity index is 1.63. The van der Waals surface area contributed by atoms with Gasteiger partial charge in [0.15, 0.2) is 0 Å². The van der Waals surface area contributed by atoms with Crippen LogP contribution in [0.2, 0.25) is 0 Å². The lowest BCUT2D eigenvalue weighted by atomic mass is 9.97. The van der Waals surface area contributed by atoms with E-state index in [9.17, 15) is 4.79 Å². The van der Waals surface area contributed by atoms with Gasteiger partial charge in [-0.2, -0.15) is 0 Å². The third kappa shape index (κ3) is 5.50. The number of amides is 1. The Kier molecular flexibility index (Phi) is 6.75. The van der Waals surface area contributed by atoms with Crippen LogP contribution in [0.15, 0.2) is 77.2 Å². The van der Waals surface area contributed by atoms with Crippen LogP contribution in [-0.2, 0) is 4.79 Å². The molecule has 0 unspecified atom stereocenters. The average Bonchev–Trinajstić information content (AvgIpc) is 2.68. The van der Waals surface area contributed by atoms with Crippen molar-refractivity contribution in [2.75, 3.05) is 6.54 Å². The highest BCUT2D eigenvalue weighted by Crippen LogP contribution is 2.35. The fourth-order valence-corrected chi connectivity index (χ4v) is 4.18. The van der Waals surface area contributed by atoms with Gasteiger partial charge in [-0.15, -0.1) is 11.8 Å². The van der Waals surface area contributed by atoms with Crippen molar-refractivity contribution < 1.29 is 4.79 Å². The van der Waals surface area contributed by atoms with Crippen molar-refractivity contribution in [2.45, 2.75) is 42.2 Å². The second kappa shape index (κ2) is 9.47. The number of thioether (sulfide) groups is 1. The summed E-state index contributed by atoms with van der Waals surface area (Å²) in [6.07, 6.45) is 8.30. The molecule has 2 aromatic carbocycles. The molecule has 0 saturated heterocycles. The second-order valence-electron chi connectivity index (χ2n) is 6.37. The first-order valence-electron chi connectivity index (χ1n) is 9.05. The van der Waals surface area contributed by atoms with E-state index in [4.69, 9.17) is 0 Å². The molecule has 130 valence electrons. The molecule has 0 aromatic heterocycles. The fourth-order valence-electron chi connectivity index (χ4n) is 3.11. The average molecular weight is 352 g/mol. The van der Waals surface area contributed by atoms with Crippen molar-refractivity contribution in [3.63, 3.8) is 0 Å². The van der Waals surface area contributed by atoms with Gasteiger partial charge in [0, 0.05) is 11.4 Å². The molecule has 3 heteroatoms. The molecule has 1 N–H and O–H groups in total. The molecule has 0 bridgehead atoms. The van der Waals surface area contributed by atoms with Gasteiger partial charge in [-0.25, -0.2) is 0 Å². The topological polar surface area (TPSA) is 29.1 Å². The molecule has 3 rings (SSSR count). The van der Waals surface area contributed by atoms with Crippen molar-refractivity contribution in [3.8, 4) is 0 Å². The summed E-state index contributed by atoms with van der Waals surface area (Å²) in [5.74, 6) is 0.0939. The first-order chi connectivity index (χ1) is 12.3. The number of nitrogens with one attached hydrogen (secondary N) is 1. The molecule has 0 spiro atoms. The van der Waals surface area contributed by atoms with Crippen LogP contribution in [0.3, 0.4) is 0 Å². The van der Waals surface area contributed by atoms with Gasteiger partial charge in [0.05, 0.1) is 0 Å². The Morgan fingerprint density at radius 2 is 1.72 bits per heavy atom. The number of carbonyl (C=O) groups excluding carboxylic acids is 1. The number of rotatable bonds is 7. The number of hydrogen-bond donors (Lipinski definition) is 1. The summed E-state index contributed by atoms with van der Waals surface area (Å²) in [5, 5.41) is 2.93. The Hall–Kier alpha value is -2.00. The van der Waals surface area contributed by atoms with Crippen molar-refractivity contribution in [2.24, 2.45) is 0 Å². The highest BCUT2D eigenvalue weighted by molar-refractivity contribution is 8.00. The highest BCUT2D eigenvalue weighted by Gasteiger charge is 2.21. The van der Waals surface area contributed by atoms with E-state index < -0.39 is 0 Å². The second-order valence-corrected chi connectivity index (χ2v) is 7.55. The maximum Gasteiger partial charge on any atom is 0.238 e. The first-order valence-corrected chi connectivity index (χ1v) is 9.93. The van der Waals surface area contributed by atoms with Crippen LogP contribution < -0.4 is 5.32 Å². The Labute approximate surface area is 154 Å². The molecule has 0 radical (unpaired) electrons. The van der Waals surface area contributed by atoms with Crippen LogP contribution in [0, 0.1) is 0 Å². The molecule has 0 aliphatic heterocycles. The predicted octanol–water partition coefficient (Wildman–Crippen LogP) is 5.53. The molecule has 0 heterocycles. The summed E-state index contributed by atoms with van der Waals surface area (Å²) in [6.45, 7) is 0.726. The summed E-state index contributed by atoms with van der Waals surface area (Å²) in [5.41, 5.74) is 2.55. The summed E-state index contributed by atoms with van der Waals surface area (Å²) >= 11 is 1.61. The minimum atomic E-state index is -0.219. The summed E-state index contributed by atoms with van der Waals surface area (Å²) in [6, 6.07) is 20.2. The van der Waals surface area contributed by atoms with E-state index in [1.807, 2.05) is 48.5 Å². The zero-order valence-corrected chi connectivity index (χ0v) is 15.3. The van der Waals surface area contributed by atoms with Gasteiger partial charge < -0.3 is 5.32 Å². The van der Waals surface area contributed by atoms with E-state index in [2.05, 4.69) is 23.5 Å². The van der Waals surface area contributed by atoms with Crippen molar-refractivity contribution >= 4 is 17.7 Å². The minimum absolute atomic E-state index is 0.0939. The molecule has 2 nitrogen and oxygen atoms in total. The van der Waals surface area contributed by atoms with Crippen LogP contribution in [-0.4, -0.2) is 12.5 Å². The summed E-state index contributed by atoms with van der Waals surface area (Å²) in [4.78, 5) is 14.0. The van der Waals surface area contributed by atoms with Crippen molar-refractivity contribution in [3.05, 3.63) is 77.9 Å². The van der Waals surface area contributed by atoms with E-state index in [1.165, 1.54) is 31.3 Å². The largest absolute Gasteiger partial charge is 0.355 e. The maximum absolute atomic E-state index is 12.8. The third-order valence-corrected chi connectivity index (χ3v) is 5.73. The first kappa shape index (κ1) is 17.8. The molecule has 0 saturated carbocycles. The molecular formula is C22H25NOS. The van der Waals surface area contributed by atoms with Gasteiger partial charge in [-0.3, -0.25) is 4.79 Å². The van der Waals surface area contributed by atoms with Crippen LogP contribution in [0.5, 0.6) is 0 Å². The van der Waals surface area contributed by atoms with Gasteiger partial charge >= 0.3 is 0 Å². The zero-order valence-electron chi connectivity index (χ0n) is 14.5. The predicted molar refractivity (Wildman–Crippen MR) is 106 cm³/mol. The zero-order chi connectivity index (χ0) is 17.3. The van der Waals surface area contributed by atoms with Crippen molar-refractivity contribution in [1.29, 1.82) is 0 Å². The van der Waals surface area contributed by atoms with Gasteiger partial charge in [-0.05, 0) is 49.8 Å². The molecule has 0 fully saturated rings. The number of allylic oxidation sites excluding steroid dienone is 1. The summed E-state index contributed by atoms with van der Waals surface area (Å²) in [7, 11) is 0. The standard InChI is InChI=1S/C22H25NOS/c24-22(23-17-16-18-10-4-1-5-11-18)21(19-12-6-2-7-13-19)25-20-14-8-3-9-15-20/h2-3,6-10,12-15,21H,1,4-5,11,16-17H2,(H,23,24)/t21-/m0/s1. The molecule has 2 aromatic rings. The van der Waals surface area contributed by atoms with Crippen LogP contribution in [0.25, 0.3) is 0 Å². The molecular weight excluding hydrogens is 326 g/mol. The summed E-state index contributed by atoms with van der Waals surface area (Å²) < 4.78 is 0. The Morgan fingerprint density at radius 1 is 1.00 bits per heavy atom. The van der Waals surface area contributed by atoms with Crippen LogP contribution in [0.1, 0.15) is 42.9 Å². The van der Waals surface area contributed by atoms with Gasteiger partial charge in [-0.1, -0.05) is 60.2 Å². The van der Waals surface area contributed by atoms with E-state index in [0.29, 0.717) is 0 Å². The van der Waals surface area contributed by atoms with Gasteiger partial charge in [0.2, 0.25) is 5.91 Å². The van der Waals surface area contributed by atoms with Gasteiger partial charge in [0.1, 0.15) is 5.25 Å². The third-order valence-electron chi connectivity index (χ3n) is 4.47. The SMILES string of the molecule is O=C(NCCC1=CCCCC1)[C@@H](Sc1ccccc1)c1ccccc1. The number of benzene rings is 2. The smallest absolute Gasteiger partial charge is 0.238 e. The number of hydrogen-bond acceptors (Lipinski definition) is 2. The van der Waals surface area contributed by atoms with E-state index >= 15 is 0 Å². The highest BCUT2D eigenvalue weighted by atomic mass is 32.2. The minimum Gasteiger partial charge on any atom is -0.355 e. The molecule has 1 aliphatic rings. The maximum atomic E-state index is 12.8. The molecule has 1 aliphatic carbocycles. The monoisotopic (exact) mass is 351 g/mol. The van der Waals surface area contributed by atoms with E-state index in [0.717, 1.165) is 23.4 Å². The lowest BCUT2D eigenvalue weighted by Gasteiger charge is -2.18. The molecule has 25 heavy (non-hydrogen) atoms. The molecule has 1 amide bonds. The van der Waals surface area contributed by atoms with Crippen LogP contribution in [0.4, 0.5) is 0 Å². The van der Waals surface area contributed by atoms with Gasteiger partial charge in [0.25, 0.3) is 0 Å². The Bertz CT molecular complexity index is 696. The van der Waals surface area contributed by atoms with E-state index in [-0.39, 0.29) is 11.2 Å². The normalized spacial score (nSPS) is 15.3. The van der Waals surface area contributed by atoms with E-state index in [1.54, 1.807) is 11.8 Å². The van der Waals surface area contributed by atoms with Crippen molar-refractivity contribution in [1.82, 2.24) is 5.32 Å².